The second-order valence-electron chi connectivity index (χ2n) is 6.25. The summed E-state index contributed by atoms with van der Waals surface area (Å²) in [7, 11) is -0.450. The van der Waals surface area contributed by atoms with Crippen LogP contribution in [-0.2, 0) is 9.31 Å². The first-order valence-corrected chi connectivity index (χ1v) is 6.83. The number of halogens is 2. The summed E-state index contributed by atoms with van der Waals surface area (Å²) in [5.74, 6) is 1.35. The summed E-state index contributed by atoms with van der Waals surface area (Å²) < 4.78 is 11.3. The van der Waals surface area contributed by atoms with Gasteiger partial charge in [-0.25, -0.2) is 0 Å². The predicted octanol–water partition coefficient (Wildman–Crippen LogP) is 3.06. The minimum atomic E-state index is -0.595. The van der Waals surface area contributed by atoms with Gasteiger partial charge in [0.15, 0.2) is 0 Å². The molecule has 4 rings (SSSR count). The minimum Gasteiger partial charge on any atom is -0.403 e. The van der Waals surface area contributed by atoms with E-state index in [4.69, 9.17) is 32.5 Å². The van der Waals surface area contributed by atoms with Gasteiger partial charge < -0.3 is 9.31 Å². The molecule has 2 nitrogen and oxygen atoms in total. The lowest BCUT2D eigenvalue weighted by Gasteiger charge is -2.63. The van der Waals surface area contributed by atoms with Gasteiger partial charge in [-0.05, 0) is 37.0 Å². The van der Waals surface area contributed by atoms with E-state index in [2.05, 4.69) is 20.8 Å². The number of alkyl halides is 2. The third-order valence-corrected chi connectivity index (χ3v) is 5.45. The fourth-order valence-electron chi connectivity index (χ4n) is 3.85. The lowest BCUT2D eigenvalue weighted by molar-refractivity contribution is -0.185. The van der Waals surface area contributed by atoms with E-state index in [1.807, 2.05) is 0 Å². The Hall–Kier alpha value is 0.565. The van der Waals surface area contributed by atoms with Crippen LogP contribution in [0.1, 0.15) is 33.6 Å². The summed E-state index contributed by atoms with van der Waals surface area (Å²) in [6.45, 7) is 6.81. The van der Waals surface area contributed by atoms with Crippen molar-refractivity contribution < 1.29 is 9.31 Å². The largest absolute Gasteiger partial charge is 0.492 e. The summed E-state index contributed by atoms with van der Waals surface area (Å²) in [6.07, 6.45) is 2.49. The third kappa shape index (κ3) is 1.35. The zero-order chi connectivity index (χ0) is 11.7. The molecule has 16 heavy (non-hydrogen) atoms. The van der Waals surface area contributed by atoms with Crippen LogP contribution in [0.3, 0.4) is 0 Å². The molecular formula is C11H17BCl2O2. The zero-order valence-corrected chi connectivity index (χ0v) is 11.4. The highest BCUT2D eigenvalue weighted by Crippen LogP contribution is 2.64. The Morgan fingerprint density at radius 1 is 1.31 bits per heavy atom. The van der Waals surface area contributed by atoms with E-state index < -0.39 is 11.9 Å². The molecule has 90 valence electrons. The molecule has 1 saturated heterocycles. The van der Waals surface area contributed by atoms with Crippen molar-refractivity contribution in [3.05, 3.63) is 0 Å². The van der Waals surface area contributed by atoms with E-state index in [9.17, 15) is 0 Å². The maximum Gasteiger partial charge on any atom is 0.492 e. The van der Waals surface area contributed by atoms with Crippen LogP contribution >= 0.6 is 23.2 Å². The Morgan fingerprint density at radius 2 is 2.00 bits per heavy atom. The van der Waals surface area contributed by atoms with Crippen LogP contribution in [0, 0.1) is 17.3 Å². The summed E-state index contributed by atoms with van der Waals surface area (Å²) >= 11 is 11.7. The second-order valence-corrected chi connectivity index (χ2v) is 7.42. The maximum absolute atomic E-state index is 5.93. The molecule has 5 heteroatoms. The Morgan fingerprint density at radius 3 is 2.56 bits per heavy atom. The Balaban J connectivity index is 1.85. The van der Waals surface area contributed by atoms with Crippen molar-refractivity contribution in [2.75, 3.05) is 0 Å². The summed E-state index contributed by atoms with van der Waals surface area (Å²) in [4.78, 5) is 0. The molecule has 1 unspecified atom stereocenters. The standard InChI is InChI=1S/C11H17BCl2O2/c1-10(2)6-4-7(10)8-11(3,5-6)16-12(15-8)9(13)14/h6-9H,4-5H2,1-3H3/t6-,7+,8?,11+/m1/s1. The quantitative estimate of drug-likeness (QED) is 0.534. The van der Waals surface area contributed by atoms with Crippen LogP contribution in [0.4, 0.5) is 0 Å². The number of hydrogen-bond acceptors (Lipinski definition) is 2. The fourth-order valence-corrected chi connectivity index (χ4v) is 4.07. The highest BCUT2D eigenvalue weighted by Gasteiger charge is 2.67. The van der Waals surface area contributed by atoms with Crippen molar-refractivity contribution in [3.63, 3.8) is 0 Å². The normalized spacial score (nSPS) is 49.1. The van der Waals surface area contributed by atoms with E-state index in [1.54, 1.807) is 0 Å². The van der Waals surface area contributed by atoms with Gasteiger partial charge in [0.25, 0.3) is 0 Å². The molecule has 1 aliphatic heterocycles. The Bertz CT molecular complexity index is 323. The molecular weight excluding hydrogens is 246 g/mol. The van der Waals surface area contributed by atoms with E-state index in [1.165, 1.54) is 6.42 Å². The Kier molecular flexibility index (Phi) is 2.41. The average molecular weight is 263 g/mol. The van der Waals surface area contributed by atoms with Crippen molar-refractivity contribution >= 4 is 30.3 Å². The summed E-state index contributed by atoms with van der Waals surface area (Å²) in [5, 5.41) is 0. The molecule has 1 heterocycles. The van der Waals surface area contributed by atoms with Crippen LogP contribution in [0.15, 0.2) is 0 Å². The molecule has 2 bridgehead atoms. The first-order chi connectivity index (χ1) is 7.34. The van der Waals surface area contributed by atoms with Gasteiger partial charge >= 0.3 is 7.12 Å². The molecule has 0 aromatic carbocycles. The van der Waals surface area contributed by atoms with Crippen LogP contribution in [0.2, 0.25) is 0 Å². The van der Waals surface area contributed by atoms with Crippen LogP contribution in [-0.4, -0.2) is 23.6 Å². The van der Waals surface area contributed by atoms with Crippen molar-refractivity contribution in [2.24, 2.45) is 17.3 Å². The lowest BCUT2D eigenvalue weighted by atomic mass is 9.45. The average Bonchev–Trinajstić information content (AvgIpc) is 2.54. The number of hydrogen-bond donors (Lipinski definition) is 0. The molecule has 0 radical (unpaired) electrons. The van der Waals surface area contributed by atoms with Gasteiger partial charge in [-0.3, -0.25) is 0 Å². The molecule has 0 N–H and O–H groups in total. The van der Waals surface area contributed by atoms with Crippen LogP contribution in [0.25, 0.3) is 0 Å². The van der Waals surface area contributed by atoms with Gasteiger partial charge in [-0.2, -0.15) is 0 Å². The maximum atomic E-state index is 5.93. The third-order valence-electron chi connectivity index (χ3n) is 5.04. The molecule has 0 aromatic rings. The van der Waals surface area contributed by atoms with Gasteiger partial charge in [0.1, 0.15) is 4.74 Å². The molecule has 0 amide bonds. The van der Waals surface area contributed by atoms with Crippen LogP contribution < -0.4 is 0 Å². The smallest absolute Gasteiger partial charge is 0.403 e. The summed E-state index contributed by atoms with van der Waals surface area (Å²) in [5.41, 5.74) is 0.215. The van der Waals surface area contributed by atoms with E-state index in [0.29, 0.717) is 11.3 Å². The second kappa shape index (κ2) is 3.31. The van der Waals surface area contributed by atoms with Gasteiger partial charge in [0, 0.05) is 0 Å². The highest BCUT2D eigenvalue weighted by molar-refractivity contribution is 6.73. The van der Waals surface area contributed by atoms with Crippen molar-refractivity contribution in [1.82, 2.24) is 0 Å². The lowest BCUT2D eigenvalue weighted by Crippen LogP contribution is -2.63. The van der Waals surface area contributed by atoms with E-state index >= 15 is 0 Å². The first-order valence-electron chi connectivity index (χ1n) is 5.96. The predicted molar refractivity (Wildman–Crippen MR) is 65.6 cm³/mol. The van der Waals surface area contributed by atoms with Gasteiger partial charge in [0.05, 0.1) is 11.7 Å². The van der Waals surface area contributed by atoms with Crippen LogP contribution in [0.5, 0.6) is 0 Å². The first kappa shape index (κ1) is 11.6. The van der Waals surface area contributed by atoms with E-state index in [-0.39, 0.29) is 11.7 Å². The monoisotopic (exact) mass is 262 g/mol. The topological polar surface area (TPSA) is 18.5 Å². The molecule has 0 aromatic heterocycles. The summed E-state index contributed by atoms with van der Waals surface area (Å²) in [6, 6.07) is 0. The number of rotatable bonds is 1. The SMILES string of the molecule is CC1(C)[C@@H]2C[C@H]1C1OB(C(Cl)Cl)O[C@@]1(C)C2. The molecule has 4 fully saturated rings. The molecule has 0 spiro atoms. The van der Waals surface area contributed by atoms with Crippen molar-refractivity contribution in [2.45, 2.75) is 50.1 Å². The fraction of sp³-hybridized carbons (Fsp3) is 1.00. The van der Waals surface area contributed by atoms with Crippen molar-refractivity contribution in [3.8, 4) is 0 Å². The van der Waals surface area contributed by atoms with E-state index in [0.717, 1.165) is 12.3 Å². The minimum absolute atomic E-state index is 0.164. The highest BCUT2D eigenvalue weighted by atomic mass is 35.5. The molecule has 4 atom stereocenters. The Labute approximate surface area is 107 Å². The molecule has 4 aliphatic rings. The molecule has 3 saturated carbocycles. The van der Waals surface area contributed by atoms with Gasteiger partial charge in [-0.1, -0.05) is 13.8 Å². The van der Waals surface area contributed by atoms with Gasteiger partial charge in [0.2, 0.25) is 0 Å². The van der Waals surface area contributed by atoms with Crippen molar-refractivity contribution in [1.29, 1.82) is 0 Å². The van der Waals surface area contributed by atoms with Gasteiger partial charge in [-0.15, -0.1) is 23.2 Å². The molecule has 3 aliphatic carbocycles. The zero-order valence-electron chi connectivity index (χ0n) is 9.87.